The lowest BCUT2D eigenvalue weighted by molar-refractivity contribution is 0.344. The molecule has 6 nitrogen and oxygen atoms in total. The molecule has 3 aromatic rings. The molecular formula is C17H21N5O. The van der Waals surface area contributed by atoms with E-state index < -0.39 is 5.54 Å². The van der Waals surface area contributed by atoms with Gasteiger partial charge in [0.25, 0.3) is 0 Å². The van der Waals surface area contributed by atoms with Crippen LogP contribution in [0.4, 0.5) is 0 Å². The molecule has 0 aliphatic heterocycles. The van der Waals surface area contributed by atoms with Crippen LogP contribution in [0.2, 0.25) is 0 Å². The Bertz CT molecular complexity index is 828. The molecule has 1 aromatic carbocycles. The van der Waals surface area contributed by atoms with Crippen molar-refractivity contribution in [1.29, 1.82) is 0 Å². The largest absolute Gasteiger partial charge is 0.337 e. The monoisotopic (exact) mass is 311 g/mol. The van der Waals surface area contributed by atoms with E-state index in [-0.39, 0.29) is 0 Å². The standard InChI is InChI=1S/C17H21N5O/c1-2-14-19-12-7-3-4-8-13(12)22(14)11-15-20-16(21-23-15)17(18)9-5-6-10-17/h3-4,7-8H,2,5-6,9-11,18H2,1H3. The maximum absolute atomic E-state index is 6.41. The molecule has 2 heterocycles. The van der Waals surface area contributed by atoms with E-state index in [4.69, 9.17) is 10.3 Å². The number of rotatable bonds is 4. The van der Waals surface area contributed by atoms with Crippen molar-refractivity contribution in [2.45, 2.75) is 51.1 Å². The van der Waals surface area contributed by atoms with Crippen molar-refractivity contribution < 1.29 is 4.52 Å². The molecule has 4 rings (SSSR count). The molecule has 1 aliphatic rings. The fourth-order valence-electron chi connectivity index (χ4n) is 3.46. The summed E-state index contributed by atoms with van der Waals surface area (Å²) in [5.74, 6) is 2.26. The Kier molecular flexibility index (Phi) is 3.41. The van der Waals surface area contributed by atoms with Crippen LogP contribution in [-0.4, -0.2) is 19.7 Å². The van der Waals surface area contributed by atoms with Crippen molar-refractivity contribution in [3.8, 4) is 0 Å². The molecule has 0 spiro atoms. The first-order chi connectivity index (χ1) is 11.2. The number of para-hydroxylation sites is 2. The zero-order valence-electron chi connectivity index (χ0n) is 13.3. The first-order valence-electron chi connectivity index (χ1n) is 8.26. The van der Waals surface area contributed by atoms with Gasteiger partial charge in [-0.25, -0.2) is 4.98 Å². The lowest BCUT2D eigenvalue weighted by atomic mass is 9.99. The summed E-state index contributed by atoms with van der Waals surface area (Å²) < 4.78 is 7.62. The first kappa shape index (κ1) is 14.4. The van der Waals surface area contributed by atoms with Crippen LogP contribution >= 0.6 is 0 Å². The van der Waals surface area contributed by atoms with Gasteiger partial charge in [0.1, 0.15) is 12.4 Å². The summed E-state index contributed by atoms with van der Waals surface area (Å²) in [6.45, 7) is 2.64. The number of imidazole rings is 1. The van der Waals surface area contributed by atoms with Crippen LogP contribution in [0.5, 0.6) is 0 Å². The first-order valence-corrected chi connectivity index (χ1v) is 8.26. The van der Waals surface area contributed by atoms with Gasteiger partial charge in [-0.1, -0.05) is 37.1 Å². The van der Waals surface area contributed by atoms with Crippen LogP contribution in [0.1, 0.15) is 50.1 Å². The minimum atomic E-state index is -0.410. The molecule has 0 bridgehead atoms. The highest BCUT2D eigenvalue weighted by atomic mass is 16.5. The average Bonchev–Trinajstić information content (AvgIpc) is 3.27. The predicted octanol–water partition coefficient (Wildman–Crippen LogP) is 2.76. The SMILES string of the molecule is CCc1nc2ccccc2n1Cc1nc(C2(N)CCCC2)no1. The molecule has 120 valence electrons. The summed E-state index contributed by atoms with van der Waals surface area (Å²) >= 11 is 0. The highest BCUT2D eigenvalue weighted by Gasteiger charge is 2.36. The molecule has 23 heavy (non-hydrogen) atoms. The van der Waals surface area contributed by atoms with Gasteiger partial charge in [-0.3, -0.25) is 0 Å². The molecule has 0 unspecified atom stereocenters. The molecule has 0 radical (unpaired) electrons. The number of hydrogen-bond donors (Lipinski definition) is 1. The number of aromatic nitrogens is 4. The number of hydrogen-bond acceptors (Lipinski definition) is 5. The van der Waals surface area contributed by atoms with Crippen LogP contribution in [-0.2, 0) is 18.5 Å². The topological polar surface area (TPSA) is 82.8 Å². The third kappa shape index (κ3) is 2.43. The maximum atomic E-state index is 6.41. The molecule has 0 amide bonds. The van der Waals surface area contributed by atoms with E-state index >= 15 is 0 Å². The minimum absolute atomic E-state index is 0.410. The van der Waals surface area contributed by atoms with Gasteiger partial charge >= 0.3 is 0 Å². The van der Waals surface area contributed by atoms with E-state index in [0.29, 0.717) is 18.3 Å². The summed E-state index contributed by atoms with van der Waals surface area (Å²) in [5.41, 5.74) is 8.08. The smallest absolute Gasteiger partial charge is 0.246 e. The third-order valence-corrected chi connectivity index (χ3v) is 4.75. The lowest BCUT2D eigenvalue weighted by Crippen LogP contribution is -2.34. The normalized spacial score (nSPS) is 17.1. The van der Waals surface area contributed by atoms with Crippen LogP contribution < -0.4 is 5.73 Å². The van der Waals surface area contributed by atoms with E-state index in [1.807, 2.05) is 18.2 Å². The van der Waals surface area contributed by atoms with Gasteiger partial charge in [-0.05, 0) is 25.0 Å². The van der Waals surface area contributed by atoms with E-state index in [1.165, 1.54) is 0 Å². The van der Waals surface area contributed by atoms with Crippen molar-refractivity contribution in [2.24, 2.45) is 5.73 Å². The van der Waals surface area contributed by atoms with Crippen molar-refractivity contribution >= 4 is 11.0 Å². The van der Waals surface area contributed by atoms with Crippen molar-refractivity contribution in [1.82, 2.24) is 19.7 Å². The van der Waals surface area contributed by atoms with Gasteiger partial charge in [0.2, 0.25) is 5.89 Å². The van der Waals surface area contributed by atoms with Gasteiger partial charge in [0.15, 0.2) is 5.82 Å². The van der Waals surface area contributed by atoms with E-state index in [0.717, 1.165) is 49.0 Å². The Labute approximate surface area is 134 Å². The molecule has 6 heteroatoms. The van der Waals surface area contributed by atoms with E-state index in [1.54, 1.807) is 0 Å². The highest BCUT2D eigenvalue weighted by Crippen LogP contribution is 2.34. The van der Waals surface area contributed by atoms with Crippen LogP contribution in [0.15, 0.2) is 28.8 Å². The highest BCUT2D eigenvalue weighted by molar-refractivity contribution is 5.75. The maximum Gasteiger partial charge on any atom is 0.246 e. The summed E-state index contributed by atoms with van der Waals surface area (Å²) in [4.78, 5) is 9.24. The zero-order chi connectivity index (χ0) is 15.9. The van der Waals surface area contributed by atoms with Gasteiger partial charge in [-0.2, -0.15) is 4.98 Å². The quantitative estimate of drug-likeness (QED) is 0.801. The number of fused-ring (bicyclic) bond motifs is 1. The Hall–Kier alpha value is -2.21. The van der Waals surface area contributed by atoms with Crippen molar-refractivity contribution in [3.63, 3.8) is 0 Å². The van der Waals surface area contributed by atoms with E-state index in [9.17, 15) is 0 Å². The second-order valence-corrected chi connectivity index (χ2v) is 6.33. The number of nitrogens with two attached hydrogens (primary N) is 1. The third-order valence-electron chi connectivity index (χ3n) is 4.75. The Morgan fingerprint density at radius 2 is 2.00 bits per heavy atom. The molecule has 0 saturated heterocycles. The lowest BCUT2D eigenvalue weighted by Gasteiger charge is -2.17. The molecular weight excluding hydrogens is 290 g/mol. The fourth-order valence-corrected chi connectivity index (χ4v) is 3.46. The summed E-state index contributed by atoms with van der Waals surface area (Å²) in [7, 11) is 0. The minimum Gasteiger partial charge on any atom is -0.337 e. The van der Waals surface area contributed by atoms with Gasteiger partial charge in [0.05, 0.1) is 16.6 Å². The number of aryl methyl sites for hydroxylation is 1. The Morgan fingerprint density at radius 3 is 2.78 bits per heavy atom. The van der Waals surface area contributed by atoms with Crippen LogP contribution in [0, 0.1) is 0 Å². The average molecular weight is 311 g/mol. The molecule has 1 fully saturated rings. The van der Waals surface area contributed by atoms with Gasteiger partial charge in [-0.15, -0.1) is 0 Å². The molecule has 2 aromatic heterocycles. The van der Waals surface area contributed by atoms with Crippen LogP contribution in [0.3, 0.4) is 0 Å². The van der Waals surface area contributed by atoms with Gasteiger partial charge < -0.3 is 14.8 Å². The van der Waals surface area contributed by atoms with E-state index in [2.05, 4.69) is 32.7 Å². The Balaban J connectivity index is 1.67. The summed E-state index contributed by atoms with van der Waals surface area (Å²) in [6.07, 6.45) is 4.98. The van der Waals surface area contributed by atoms with Crippen LogP contribution in [0.25, 0.3) is 11.0 Å². The summed E-state index contributed by atoms with van der Waals surface area (Å²) in [6, 6.07) is 8.12. The molecule has 1 saturated carbocycles. The number of benzene rings is 1. The number of nitrogens with zero attached hydrogens (tertiary/aromatic N) is 4. The van der Waals surface area contributed by atoms with Gasteiger partial charge in [0, 0.05) is 6.42 Å². The second-order valence-electron chi connectivity index (χ2n) is 6.33. The van der Waals surface area contributed by atoms with Crippen molar-refractivity contribution in [2.75, 3.05) is 0 Å². The summed E-state index contributed by atoms with van der Waals surface area (Å²) in [5, 5.41) is 4.14. The molecule has 1 aliphatic carbocycles. The molecule has 2 N–H and O–H groups in total. The Morgan fingerprint density at radius 1 is 1.22 bits per heavy atom. The fraction of sp³-hybridized carbons (Fsp3) is 0.471. The second kappa shape index (κ2) is 5.45. The van der Waals surface area contributed by atoms with Crippen molar-refractivity contribution in [3.05, 3.63) is 41.8 Å². The molecule has 0 atom stereocenters. The predicted molar refractivity (Wildman–Crippen MR) is 86.8 cm³/mol. The zero-order valence-corrected chi connectivity index (χ0v) is 13.3.